The van der Waals surface area contributed by atoms with E-state index in [1.807, 2.05) is 18.2 Å². The molecule has 0 atom stereocenters. The normalized spacial score (nSPS) is 8.31. The second-order valence-electron chi connectivity index (χ2n) is 2.31. The van der Waals surface area contributed by atoms with Crippen molar-refractivity contribution in [2.75, 3.05) is 5.73 Å². The average Bonchev–Trinajstić information content (AvgIpc) is 2.22. The lowest BCUT2D eigenvalue weighted by molar-refractivity contribution is 1.33. The fraction of sp³-hybridized carbons (Fsp3) is 0. The first-order chi connectivity index (χ1) is 6.39. The van der Waals surface area contributed by atoms with Crippen LogP contribution in [0.5, 0.6) is 0 Å². The molecule has 0 radical (unpaired) electrons. The maximum Gasteiger partial charge on any atom is 0.0344 e. The molecule has 2 rings (SSSR count). The molecule has 0 aliphatic carbocycles. The number of hydrogen-bond donors (Lipinski definition) is 1. The zero-order valence-corrected chi connectivity index (χ0v) is 7.17. The lowest BCUT2D eigenvalue weighted by Gasteiger charge is -1.83. The minimum Gasteiger partial charge on any atom is -0.399 e. The van der Waals surface area contributed by atoms with Gasteiger partial charge in [0.05, 0.1) is 0 Å². The molecule has 3 nitrogen and oxygen atoms in total. The van der Waals surface area contributed by atoms with Gasteiger partial charge in [-0.05, 0) is 24.3 Å². The lowest BCUT2D eigenvalue weighted by Crippen LogP contribution is -1.81. The highest BCUT2D eigenvalue weighted by Crippen LogP contribution is 1.92. The van der Waals surface area contributed by atoms with Crippen molar-refractivity contribution in [2.24, 2.45) is 0 Å². The quantitative estimate of drug-likeness (QED) is 0.660. The Morgan fingerprint density at radius 2 is 1.31 bits per heavy atom. The smallest absolute Gasteiger partial charge is 0.0344 e. The third kappa shape index (κ3) is 4.53. The molecule has 0 fully saturated rings. The maximum atomic E-state index is 5.32. The van der Waals surface area contributed by atoms with E-state index in [-0.39, 0.29) is 0 Å². The Morgan fingerprint density at radius 1 is 0.769 bits per heavy atom. The van der Waals surface area contributed by atoms with Gasteiger partial charge in [-0.25, -0.2) is 0 Å². The number of aromatic nitrogens is 2. The van der Waals surface area contributed by atoms with Crippen LogP contribution in [-0.4, -0.2) is 9.97 Å². The van der Waals surface area contributed by atoms with Crippen molar-refractivity contribution in [1.82, 2.24) is 9.97 Å². The molecule has 66 valence electrons. The highest BCUT2D eigenvalue weighted by atomic mass is 14.6. The summed E-state index contributed by atoms with van der Waals surface area (Å²) in [5.74, 6) is 0. The number of rotatable bonds is 0. The molecule has 0 aromatic carbocycles. The van der Waals surface area contributed by atoms with Gasteiger partial charge in [0.25, 0.3) is 0 Å². The SMILES string of the molecule is Nc1ccncc1.c1ccncc1. The van der Waals surface area contributed by atoms with E-state index in [2.05, 4.69) is 9.97 Å². The lowest BCUT2D eigenvalue weighted by atomic mass is 10.4. The molecule has 0 aliphatic heterocycles. The van der Waals surface area contributed by atoms with Crippen molar-refractivity contribution in [3.8, 4) is 0 Å². The minimum absolute atomic E-state index is 0.759. The molecule has 0 saturated heterocycles. The van der Waals surface area contributed by atoms with Crippen molar-refractivity contribution >= 4 is 5.69 Å². The molecule has 13 heavy (non-hydrogen) atoms. The van der Waals surface area contributed by atoms with E-state index in [0.29, 0.717) is 0 Å². The van der Waals surface area contributed by atoms with Crippen molar-refractivity contribution in [3.05, 3.63) is 55.1 Å². The van der Waals surface area contributed by atoms with Crippen LogP contribution in [0.25, 0.3) is 0 Å². The van der Waals surface area contributed by atoms with Crippen LogP contribution in [0.2, 0.25) is 0 Å². The fourth-order valence-corrected chi connectivity index (χ4v) is 0.676. The molecule has 0 aliphatic rings. The van der Waals surface area contributed by atoms with Crippen LogP contribution in [0.3, 0.4) is 0 Å². The van der Waals surface area contributed by atoms with Gasteiger partial charge in [-0.3, -0.25) is 9.97 Å². The van der Waals surface area contributed by atoms with Gasteiger partial charge in [0.1, 0.15) is 0 Å². The molecular formula is C10H11N3. The number of nitrogens with two attached hydrogens (primary N) is 1. The summed E-state index contributed by atoms with van der Waals surface area (Å²) in [4.78, 5) is 7.55. The zero-order chi connectivity index (χ0) is 9.36. The van der Waals surface area contributed by atoms with Crippen LogP contribution in [0.15, 0.2) is 55.1 Å². The first-order valence-electron chi connectivity index (χ1n) is 3.90. The Morgan fingerprint density at radius 3 is 1.54 bits per heavy atom. The average molecular weight is 173 g/mol. The number of pyridine rings is 2. The molecule has 0 unspecified atom stereocenters. The molecule has 0 amide bonds. The van der Waals surface area contributed by atoms with E-state index in [1.54, 1.807) is 36.9 Å². The Kier molecular flexibility index (Phi) is 4.04. The molecule has 0 bridgehead atoms. The Labute approximate surface area is 77.3 Å². The van der Waals surface area contributed by atoms with Gasteiger partial charge in [-0.15, -0.1) is 0 Å². The molecule has 0 saturated carbocycles. The van der Waals surface area contributed by atoms with Gasteiger partial charge in [0, 0.05) is 30.5 Å². The molecule has 0 spiro atoms. The summed E-state index contributed by atoms with van der Waals surface area (Å²) >= 11 is 0. The Balaban J connectivity index is 0.000000132. The topological polar surface area (TPSA) is 51.8 Å². The maximum absolute atomic E-state index is 5.32. The second-order valence-corrected chi connectivity index (χ2v) is 2.31. The monoisotopic (exact) mass is 173 g/mol. The summed E-state index contributed by atoms with van der Waals surface area (Å²) < 4.78 is 0. The molecule has 3 heteroatoms. The summed E-state index contributed by atoms with van der Waals surface area (Å²) in [7, 11) is 0. The van der Waals surface area contributed by atoms with Crippen molar-refractivity contribution < 1.29 is 0 Å². The van der Waals surface area contributed by atoms with E-state index in [1.165, 1.54) is 0 Å². The van der Waals surface area contributed by atoms with Crippen LogP contribution in [0, 0.1) is 0 Å². The van der Waals surface area contributed by atoms with Gasteiger partial charge >= 0.3 is 0 Å². The highest BCUT2D eigenvalue weighted by Gasteiger charge is 1.73. The summed E-state index contributed by atoms with van der Waals surface area (Å²) in [5, 5.41) is 0. The van der Waals surface area contributed by atoms with Crippen LogP contribution in [0.1, 0.15) is 0 Å². The first kappa shape index (κ1) is 9.19. The molecular weight excluding hydrogens is 162 g/mol. The number of nitrogen functional groups attached to an aromatic ring is 1. The highest BCUT2D eigenvalue weighted by molar-refractivity contribution is 5.33. The van der Waals surface area contributed by atoms with Crippen LogP contribution >= 0.6 is 0 Å². The number of hydrogen-bond acceptors (Lipinski definition) is 3. The summed E-state index contributed by atoms with van der Waals surface area (Å²) in [5.41, 5.74) is 6.08. The van der Waals surface area contributed by atoms with Crippen molar-refractivity contribution in [2.45, 2.75) is 0 Å². The molecule has 2 N–H and O–H groups in total. The third-order valence-corrected chi connectivity index (χ3v) is 1.27. The Bertz CT molecular complexity index is 281. The third-order valence-electron chi connectivity index (χ3n) is 1.27. The van der Waals surface area contributed by atoms with Crippen molar-refractivity contribution in [1.29, 1.82) is 0 Å². The zero-order valence-electron chi connectivity index (χ0n) is 7.17. The standard InChI is InChI=1S/C5H6N2.C5H5N/c6-5-1-3-7-4-2-5;1-2-4-6-5-3-1/h1-4H,(H2,6,7);1-5H. The minimum atomic E-state index is 0.759. The first-order valence-corrected chi connectivity index (χ1v) is 3.90. The number of anilines is 1. The second kappa shape index (κ2) is 5.71. The molecule has 2 aromatic heterocycles. The van der Waals surface area contributed by atoms with Crippen LogP contribution in [-0.2, 0) is 0 Å². The van der Waals surface area contributed by atoms with Gasteiger partial charge in [0.2, 0.25) is 0 Å². The van der Waals surface area contributed by atoms with E-state index in [4.69, 9.17) is 5.73 Å². The summed E-state index contributed by atoms with van der Waals surface area (Å²) in [6.07, 6.45) is 6.82. The van der Waals surface area contributed by atoms with Gasteiger partial charge in [0.15, 0.2) is 0 Å². The van der Waals surface area contributed by atoms with E-state index >= 15 is 0 Å². The fourth-order valence-electron chi connectivity index (χ4n) is 0.676. The van der Waals surface area contributed by atoms with Crippen LogP contribution in [0.4, 0.5) is 5.69 Å². The predicted octanol–water partition coefficient (Wildman–Crippen LogP) is 1.75. The van der Waals surface area contributed by atoms with E-state index in [9.17, 15) is 0 Å². The summed E-state index contributed by atoms with van der Waals surface area (Å²) in [6, 6.07) is 9.22. The van der Waals surface area contributed by atoms with Gasteiger partial charge in [-0.2, -0.15) is 0 Å². The van der Waals surface area contributed by atoms with E-state index < -0.39 is 0 Å². The predicted molar refractivity (Wildman–Crippen MR) is 52.9 cm³/mol. The summed E-state index contributed by atoms with van der Waals surface area (Å²) in [6.45, 7) is 0. The van der Waals surface area contributed by atoms with Gasteiger partial charge in [-0.1, -0.05) is 6.07 Å². The largest absolute Gasteiger partial charge is 0.399 e. The van der Waals surface area contributed by atoms with Crippen LogP contribution < -0.4 is 5.73 Å². The molecule has 2 aromatic rings. The number of nitrogens with zero attached hydrogens (tertiary/aromatic N) is 2. The van der Waals surface area contributed by atoms with Crippen molar-refractivity contribution in [3.63, 3.8) is 0 Å². The Hall–Kier alpha value is -1.90. The molecule has 2 heterocycles. The van der Waals surface area contributed by atoms with E-state index in [0.717, 1.165) is 5.69 Å². The van der Waals surface area contributed by atoms with Gasteiger partial charge < -0.3 is 5.73 Å².